The summed E-state index contributed by atoms with van der Waals surface area (Å²) >= 11 is 0. The van der Waals surface area contributed by atoms with Crippen molar-refractivity contribution in [2.24, 2.45) is 0 Å². The van der Waals surface area contributed by atoms with Crippen LogP contribution >= 0.6 is 8.25 Å². The van der Waals surface area contributed by atoms with E-state index in [0.29, 0.717) is 13.2 Å². The summed E-state index contributed by atoms with van der Waals surface area (Å²) in [5.41, 5.74) is 0. The molecule has 4 nitrogen and oxygen atoms in total. The number of nitrogens with zero attached hydrogens (tertiary/aromatic N) is 1. The predicted molar refractivity (Wildman–Crippen MR) is 43.7 cm³/mol. The second-order valence-corrected chi connectivity index (χ2v) is 3.24. The summed E-state index contributed by atoms with van der Waals surface area (Å²) in [5, 5.41) is 0. The van der Waals surface area contributed by atoms with Crippen LogP contribution in [0.25, 0.3) is 0 Å². The van der Waals surface area contributed by atoms with Crippen LogP contribution in [0, 0.1) is 0 Å². The van der Waals surface area contributed by atoms with Crippen molar-refractivity contribution in [1.82, 2.24) is 4.90 Å². The molecule has 0 aromatic heterocycles. The minimum atomic E-state index is -1.89. The molecule has 0 radical (unpaired) electrons. The maximum Gasteiger partial charge on any atom is 0.697 e. The van der Waals surface area contributed by atoms with Crippen molar-refractivity contribution in [3.05, 3.63) is 0 Å². The van der Waals surface area contributed by atoms with E-state index in [9.17, 15) is 4.57 Å². The lowest BCUT2D eigenvalue weighted by Crippen LogP contribution is -2.16. The third-order valence-electron chi connectivity index (χ3n) is 0.970. The fraction of sp³-hybridized carbons (Fsp3) is 1.00. The predicted octanol–water partition coefficient (Wildman–Crippen LogP) is 1.26. The van der Waals surface area contributed by atoms with Gasteiger partial charge < -0.3 is 4.90 Å². The van der Waals surface area contributed by atoms with E-state index in [1.165, 1.54) is 0 Å². The van der Waals surface area contributed by atoms with Gasteiger partial charge in [0.15, 0.2) is 0 Å². The van der Waals surface area contributed by atoms with Gasteiger partial charge in [-0.3, -0.25) is 0 Å². The Morgan fingerprint density at radius 3 is 2.45 bits per heavy atom. The molecule has 5 heteroatoms. The van der Waals surface area contributed by atoms with Crippen LogP contribution in [0.3, 0.4) is 0 Å². The number of hydrogen-bond acceptors (Lipinski definition) is 4. The molecule has 0 amide bonds. The Bertz CT molecular complexity index is 118. The van der Waals surface area contributed by atoms with Crippen LogP contribution in [-0.2, 0) is 13.6 Å². The maximum absolute atomic E-state index is 10.7. The molecule has 0 saturated heterocycles. The Morgan fingerprint density at radius 1 is 1.36 bits per heavy atom. The molecule has 0 N–H and O–H groups in total. The topological polar surface area (TPSA) is 38.8 Å². The highest BCUT2D eigenvalue weighted by Gasteiger charge is 2.17. The van der Waals surface area contributed by atoms with E-state index in [1.807, 2.05) is 19.0 Å². The fourth-order valence-electron chi connectivity index (χ4n) is 0.441. The lowest BCUT2D eigenvalue weighted by atomic mass is 10.6. The number of rotatable bonds is 6. The van der Waals surface area contributed by atoms with E-state index >= 15 is 0 Å². The highest BCUT2D eigenvalue weighted by Crippen LogP contribution is 2.22. The Balaban J connectivity index is 3.17. The first-order valence-corrected chi connectivity index (χ1v) is 4.64. The molecule has 11 heavy (non-hydrogen) atoms. The van der Waals surface area contributed by atoms with Crippen LogP contribution in [0.2, 0.25) is 0 Å². The van der Waals surface area contributed by atoms with Crippen molar-refractivity contribution in [1.29, 1.82) is 0 Å². The zero-order valence-electron chi connectivity index (χ0n) is 7.24. The molecule has 0 aliphatic rings. The van der Waals surface area contributed by atoms with E-state index in [0.717, 1.165) is 6.54 Å². The minimum absolute atomic E-state index is 0.428. The Hall–Kier alpha value is -0.0200. The SMILES string of the molecule is CCO[P+](=O)OCCN(C)C. The van der Waals surface area contributed by atoms with Crippen LogP contribution in [0.5, 0.6) is 0 Å². The van der Waals surface area contributed by atoms with Crippen LogP contribution in [0.1, 0.15) is 6.92 Å². The molecule has 0 bridgehead atoms. The van der Waals surface area contributed by atoms with Gasteiger partial charge in [-0.25, -0.2) is 0 Å². The molecule has 0 aromatic rings. The molecule has 0 spiro atoms. The number of hydrogen-bond donors (Lipinski definition) is 0. The summed E-state index contributed by atoms with van der Waals surface area (Å²) in [5.74, 6) is 0. The van der Waals surface area contributed by atoms with Crippen molar-refractivity contribution in [3.8, 4) is 0 Å². The van der Waals surface area contributed by atoms with Gasteiger partial charge in [-0.15, -0.1) is 9.05 Å². The van der Waals surface area contributed by atoms with Gasteiger partial charge in [0, 0.05) is 11.1 Å². The van der Waals surface area contributed by atoms with Crippen molar-refractivity contribution in [2.45, 2.75) is 6.92 Å². The Kier molecular flexibility index (Phi) is 6.66. The zero-order valence-corrected chi connectivity index (χ0v) is 8.13. The summed E-state index contributed by atoms with van der Waals surface area (Å²) < 4.78 is 20.2. The van der Waals surface area contributed by atoms with Crippen molar-refractivity contribution >= 4 is 8.25 Å². The normalized spacial score (nSPS) is 12.2. The van der Waals surface area contributed by atoms with Crippen molar-refractivity contribution in [3.63, 3.8) is 0 Å². The molecule has 0 aliphatic heterocycles. The Labute approximate surface area is 68.4 Å². The molecule has 66 valence electrons. The monoisotopic (exact) mass is 180 g/mol. The molecule has 0 saturated carbocycles. The summed E-state index contributed by atoms with van der Waals surface area (Å²) in [6.45, 7) is 3.41. The summed E-state index contributed by atoms with van der Waals surface area (Å²) in [6.07, 6.45) is 0. The molecule has 1 unspecified atom stereocenters. The molecule has 0 aromatic carbocycles. The van der Waals surface area contributed by atoms with Gasteiger partial charge >= 0.3 is 8.25 Å². The zero-order chi connectivity index (χ0) is 8.69. The van der Waals surface area contributed by atoms with Crippen LogP contribution in [0.15, 0.2) is 0 Å². The highest BCUT2D eigenvalue weighted by atomic mass is 31.1. The van der Waals surface area contributed by atoms with E-state index in [1.54, 1.807) is 6.92 Å². The van der Waals surface area contributed by atoms with Gasteiger partial charge in [0.05, 0.1) is 0 Å². The molecule has 0 fully saturated rings. The second kappa shape index (κ2) is 6.68. The first kappa shape index (κ1) is 11.0. The second-order valence-electron chi connectivity index (χ2n) is 2.28. The molecule has 1 atom stereocenters. The average molecular weight is 180 g/mol. The summed E-state index contributed by atoms with van der Waals surface area (Å²) in [6, 6.07) is 0. The van der Waals surface area contributed by atoms with Gasteiger partial charge in [0.1, 0.15) is 13.2 Å². The van der Waals surface area contributed by atoms with Gasteiger partial charge in [-0.2, -0.15) is 0 Å². The molecule has 0 heterocycles. The quantitative estimate of drug-likeness (QED) is 0.577. The van der Waals surface area contributed by atoms with Crippen LogP contribution in [0.4, 0.5) is 0 Å². The number of likely N-dealkylation sites (N-methyl/N-ethyl adjacent to an activating group) is 1. The van der Waals surface area contributed by atoms with Gasteiger partial charge in [0.2, 0.25) is 0 Å². The lowest BCUT2D eigenvalue weighted by molar-refractivity contribution is 0.213. The lowest BCUT2D eigenvalue weighted by Gasteiger charge is -2.03. The smallest absolute Gasteiger partial charge is 0.307 e. The van der Waals surface area contributed by atoms with Crippen LogP contribution < -0.4 is 0 Å². The minimum Gasteiger partial charge on any atom is -0.307 e. The van der Waals surface area contributed by atoms with Gasteiger partial charge in [-0.1, -0.05) is 0 Å². The average Bonchev–Trinajstić information content (AvgIpc) is 1.87. The van der Waals surface area contributed by atoms with E-state index in [2.05, 4.69) is 0 Å². The van der Waals surface area contributed by atoms with Gasteiger partial charge in [0.25, 0.3) is 0 Å². The third kappa shape index (κ3) is 7.88. The molecule has 0 rings (SSSR count). The first-order chi connectivity index (χ1) is 5.16. The maximum atomic E-state index is 10.7. The molecular weight excluding hydrogens is 165 g/mol. The first-order valence-electron chi connectivity index (χ1n) is 3.54. The van der Waals surface area contributed by atoms with Crippen molar-refractivity contribution in [2.75, 3.05) is 33.9 Å². The largest absolute Gasteiger partial charge is 0.697 e. The molecular formula is C6H15NO3P+. The summed E-state index contributed by atoms with van der Waals surface area (Å²) in [7, 11) is 1.97. The van der Waals surface area contributed by atoms with Crippen LogP contribution in [-0.4, -0.2) is 38.8 Å². The van der Waals surface area contributed by atoms with E-state index in [4.69, 9.17) is 9.05 Å². The van der Waals surface area contributed by atoms with E-state index < -0.39 is 8.25 Å². The van der Waals surface area contributed by atoms with E-state index in [-0.39, 0.29) is 0 Å². The highest BCUT2D eigenvalue weighted by molar-refractivity contribution is 7.33. The van der Waals surface area contributed by atoms with Crippen molar-refractivity contribution < 1.29 is 13.6 Å². The molecule has 0 aliphatic carbocycles. The summed E-state index contributed by atoms with van der Waals surface area (Å²) in [4.78, 5) is 1.95. The Morgan fingerprint density at radius 2 is 2.00 bits per heavy atom. The standard InChI is InChI=1S/C6H15NO3P/c1-4-9-11(8)10-6-5-7(2)3/h4-6H2,1-3H3/q+1. The van der Waals surface area contributed by atoms with Gasteiger partial charge in [-0.05, 0) is 21.0 Å². The third-order valence-corrected chi connectivity index (χ3v) is 1.83. The fourth-order valence-corrected chi connectivity index (χ4v) is 0.957.